The van der Waals surface area contributed by atoms with Crippen LogP contribution in [0.5, 0.6) is 0 Å². The average Bonchev–Trinajstić information content (AvgIpc) is 2.06. The first kappa shape index (κ1) is 6.09. The molecule has 0 aliphatic carbocycles. The molecule has 0 bridgehead atoms. The van der Waals surface area contributed by atoms with Crippen molar-refractivity contribution in [3.8, 4) is 0 Å². The predicted molar refractivity (Wildman–Crippen MR) is 39.1 cm³/mol. The lowest BCUT2D eigenvalue weighted by molar-refractivity contribution is 0.438. The fourth-order valence-corrected chi connectivity index (χ4v) is 0.908. The second kappa shape index (κ2) is 2.20. The standard InChI is InChI=1S/C8H4NO2/c10-7-5-9-11-8-4-2-1-3-6(7)8/h1-4H. The summed E-state index contributed by atoms with van der Waals surface area (Å²) in [6.45, 7) is 0. The van der Waals surface area contributed by atoms with Gasteiger partial charge < -0.3 is 4.52 Å². The van der Waals surface area contributed by atoms with Crippen LogP contribution in [0.25, 0.3) is 11.0 Å². The van der Waals surface area contributed by atoms with Crippen molar-refractivity contribution in [2.24, 2.45) is 0 Å². The van der Waals surface area contributed by atoms with E-state index in [2.05, 4.69) is 11.4 Å². The molecule has 53 valence electrons. The number of benzene rings is 1. The summed E-state index contributed by atoms with van der Waals surface area (Å²) in [6, 6.07) is 6.93. The van der Waals surface area contributed by atoms with E-state index in [1.165, 1.54) is 0 Å². The molecule has 2 rings (SSSR count). The van der Waals surface area contributed by atoms with E-state index in [0.29, 0.717) is 11.0 Å². The van der Waals surface area contributed by atoms with E-state index in [1.807, 2.05) is 0 Å². The molecule has 0 saturated heterocycles. The Hall–Kier alpha value is -1.64. The van der Waals surface area contributed by atoms with E-state index in [4.69, 9.17) is 4.52 Å². The maximum atomic E-state index is 11.0. The predicted octanol–water partition coefficient (Wildman–Crippen LogP) is 0.988. The van der Waals surface area contributed by atoms with Crippen molar-refractivity contribution in [3.05, 3.63) is 40.7 Å². The molecule has 0 aliphatic heterocycles. The monoisotopic (exact) mass is 146 g/mol. The zero-order chi connectivity index (χ0) is 7.68. The molecule has 2 aromatic rings. The maximum Gasteiger partial charge on any atom is 0.221 e. The van der Waals surface area contributed by atoms with Crippen molar-refractivity contribution < 1.29 is 4.52 Å². The highest BCUT2D eigenvalue weighted by molar-refractivity contribution is 5.75. The van der Waals surface area contributed by atoms with Crippen LogP contribution in [-0.2, 0) is 0 Å². The molecule has 1 aromatic carbocycles. The van der Waals surface area contributed by atoms with Crippen LogP contribution in [0, 0.1) is 6.20 Å². The summed E-state index contributed by atoms with van der Waals surface area (Å²) in [7, 11) is 0. The Morgan fingerprint density at radius 1 is 1.36 bits per heavy atom. The van der Waals surface area contributed by atoms with Crippen LogP contribution in [0.2, 0.25) is 0 Å². The molecule has 0 spiro atoms. The van der Waals surface area contributed by atoms with Crippen LogP contribution in [-0.4, -0.2) is 5.16 Å². The van der Waals surface area contributed by atoms with Crippen molar-refractivity contribution in [3.63, 3.8) is 0 Å². The first-order valence-corrected chi connectivity index (χ1v) is 3.14. The van der Waals surface area contributed by atoms with Crippen molar-refractivity contribution in [1.29, 1.82) is 0 Å². The Bertz CT molecular complexity index is 428. The third kappa shape index (κ3) is 0.902. The Morgan fingerprint density at radius 3 is 3.00 bits per heavy atom. The van der Waals surface area contributed by atoms with Crippen LogP contribution >= 0.6 is 0 Å². The zero-order valence-electron chi connectivity index (χ0n) is 5.57. The molecule has 0 amide bonds. The molecule has 3 heteroatoms. The highest BCUT2D eigenvalue weighted by atomic mass is 16.5. The van der Waals surface area contributed by atoms with Crippen molar-refractivity contribution >= 4 is 11.0 Å². The van der Waals surface area contributed by atoms with Gasteiger partial charge in [-0.3, -0.25) is 4.79 Å². The van der Waals surface area contributed by atoms with Gasteiger partial charge in [0.15, 0.2) is 11.8 Å². The smallest absolute Gasteiger partial charge is 0.221 e. The molecule has 1 aromatic heterocycles. The van der Waals surface area contributed by atoms with Crippen LogP contribution < -0.4 is 5.43 Å². The van der Waals surface area contributed by atoms with E-state index in [-0.39, 0.29) is 5.43 Å². The summed E-state index contributed by atoms with van der Waals surface area (Å²) in [5, 5.41) is 3.82. The lowest BCUT2D eigenvalue weighted by Gasteiger charge is -1.89. The van der Waals surface area contributed by atoms with Gasteiger partial charge in [0.2, 0.25) is 5.43 Å². The summed E-state index contributed by atoms with van der Waals surface area (Å²) in [5.41, 5.74) is 0.267. The van der Waals surface area contributed by atoms with E-state index < -0.39 is 0 Å². The first-order valence-electron chi connectivity index (χ1n) is 3.14. The molecule has 0 saturated carbocycles. The number of hydrogen-bond acceptors (Lipinski definition) is 3. The van der Waals surface area contributed by atoms with Gasteiger partial charge in [0.05, 0.1) is 5.39 Å². The number of aromatic nitrogens is 1. The summed E-state index contributed by atoms with van der Waals surface area (Å²) in [5.74, 6) is 0. The molecule has 11 heavy (non-hydrogen) atoms. The Balaban J connectivity index is 3.03. The number of nitrogens with zero attached hydrogens (tertiary/aromatic N) is 1. The van der Waals surface area contributed by atoms with Gasteiger partial charge in [-0.2, -0.15) is 0 Å². The number of rotatable bonds is 0. The van der Waals surface area contributed by atoms with Crippen LogP contribution in [0.3, 0.4) is 0 Å². The van der Waals surface area contributed by atoms with Crippen molar-refractivity contribution in [2.75, 3.05) is 0 Å². The molecule has 0 atom stereocenters. The minimum absolute atomic E-state index is 0.230. The molecule has 1 heterocycles. The third-order valence-electron chi connectivity index (χ3n) is 1.42. The van der Waals surface area contributed by atoms with E-state index in [1.54, 1.807) is 24.3 Å². The largest absolute Gasteiger partial charge is 0.355 e. The Morgan fingerprint density at radius 2 is 2.18 bits per heavy atom. The van der Waals surface area contributed by atoms with Gasteiger partial charge in [-0.25, -0.2) is 0 Å². The maximum absolute atomic E-state index is 11.0. The van der Waals surface area contributed by atoms with Gasteiger partial charge in [0.1, 0.15) is 0 Å². The lowest BCUT2D eigenvalue weighted by atomic mass is 10.2. The minimum Gasteiger partial charge on any atom is -0.355 e. The summed E-state index contributed by atoms with van der Waals surface area (Å²) in [6.07, 6.45) is 2.20. The topological polar surface area (TPSA) is 43.1 Å². The molecular weight excluding hydrogens is 142 g/mol. The Labute approximate surface area is 62.3 Å². The van der Waals surface area contributed by atoms with E-state index in [9.17, 15) is 4.79 Å². The normalized spacial score (nSPS) is 10.2. The third-order valence-corrected chi connectivity index (χ3v) is 1.42. The molecule has 0 unspecified atom stereocenters. The Kier molecular flexibility index (Phi) is 1.22. The number of fused-ring (bicyclic) bond motifs is 1. The molecular formula is C8H4NO2. The van der Waals surface area contributed by atoms with Crippen molar-refractivity contribution in [1.82, 2.24) is 5.16 Å². The van der Waals surface area contributed by atoms with Crippen LogP contribution in [0.1, 0.15) is 0 Å². The molecule has 1 radical (unpaired) electrons. The highest BCUT2D eigenvalue weighted by Crippen LogP contribution is 2.05. The van der Waals surface area contributed by atoms with Gasteiger partial charge in [-0.05, 0) is 12.1 Å². The molecule has 0 aliphatic rings. The van der Waals surface area contributed by atoms with E-state index >= 15 is 0 Å². The minimum atomic E-state index is -0.230. The number of para-hydroxylation sites is 1. The first-order chi connectivity index (χ1) is 5.38. The van der Waals surface area contributed by atoms with Crippen LogP contribution in [0.4, 0.5) is 0 Å². The summed E-state index contributed by atoms with van der Waals surface area (Å²) < 4.78 is 4.79. The van der Waals surface area contributed by atoms with Crippen molar-refractivity contribution in [2.45, 2.75) is 0 Å². The molecule has 0 N–H and O–H groups in total. The van der Waals surface area contributed by atoms with Crippen LogP contribution in [0.15, 0.2) is 33.6 Å². The second-order valence-corrected chi connectivity index (χ2v) is 2.12. The zero-order valence-corrected chi connectivity index (χ0v) is 5.57. The lowest BCUT2D eigenvalue weighted by Crippen LogP contribution is -2.00. The van der Waals surface area contributed by atoms with E-state index in [0.717, 1.165) is 0 Å². The van der Waals surface area contributed by atoms with Gasteiger partial charge >= 0.3 is 0 Å². The van der Waals surface area contributed by atoms with Gasteiger partial charge in [-0.15, -0.1) is 0 Å². The molecule has 3 nitrogen and oxygen atoms in total. The number of hydrogen-bond donors (Lipinski definition) is 0. The SMILES string of the molecule is O=c1[c]noc2ccccc12. The van der Waals surface area contributed by atoms with Gasteiger partial charge in [-0.1, -0.05) is 17.3 Å². The highest BCUT2D eigenvalue weighted by Gasteiger charge is 1.97. The van der Waals surface area contributed by atoms with Gasteiger partial charge in [0.25, 0.3) is 0 Å². The molecule has 0 fully saturated rings. The fraction of sp³-hybridized carbons (Fsp3) is 0. The average molecular weight is 146 g/mol. The fourth-order valence-electron chi connectivity index (χ4n) is 0.908. The second-order valence-electron chi connectivity index (χ2n) is 2.12. The summed E-state index contributed by atoms with van der Waals surface area (Å²) in [4.78, 5) is 11.0. The summed E-state index contributed by atoms with van der Waals surface area (Å²) >= 11 is 0. The van der Waals surface area contributed by atoms with Gasteiger partial charge in [0, 0.05) is 0 Å². The quantitative estimate of drug-likeness (QED) is 0.556.